The van der Waals surface area contributed by atoms with Crippen molar-refractivity contribution < 1.29 is 26.3 Å². The number of alkyl halides is 3. The van der Waals surface area contributed by atoms with Gasteiger partial charge >= 0.3 is 15.5 Å². The first-order chi connectivity index (χ1) is 5.73. The van der Waals surface area contributed by atoms with E-state index in [1.165, 1.54) is 7.11 Å². The number of rotatable bonds is 4. The quantitative estimate of drug-likeness (QED) is 0.691. The van der Waals surface area contributed by atoms with E-state index in [9.17, 15) is 21.6 Å². The molecule has 0 saturated carbocycles. The van der Waals surface area contributed by atoms with Crippen LogP contribution < -0.4 is 0 Å². The molecule has 0 spiro atoms. The van der Waals surface area contributed by atoms with Crippen molar-refractivity contribution in [3.63, 3.8) is 0 Å². The molecule has 0 saturated heterocycles. The molecule has 0 aliphatic carbocycles. The zero-order valence-electron chi connectivity index (χ0n) is 7.13. The summed E-state index contributed by atoms with van der Waals surface area (Å²) in [6.45, 7) is -0.399. The van der Waals surface area contributed by atoms with Gasteiger partial charge in [-0.05, 0) is 0 Å². The summed E-state index contributed by atoms with van der Waals surface area (Å²) in [5.74, 6) is 0. The second kappa shape index (κ2) is 4.25. The van der Waals surface area contributed by atoms with Gasteiger partial charge in [-0.25, -0.2) is 8.42 Å². The highest BCUT2D eigenvalue weighted by atomic mass is 32.2. The van der Waals surface area contributed by atoms with Gasteiger partial charge in [0.25, 0.3) is 0 Å². The second-order valence-corrected chi connectivity index (χ2v) is 4.30. The van der Waals surface area contributed by atoms with E-state index in [-0.39, 0.29) is 17.5 Å². The summed E-state index contributed by atoms with van der Waals surface area (Å²) in [6, 6.07) is 0. The largest absolute Gasteiger partial charge is 0.511 e. The number of nitrogens with zero attached hydrogens (tertiary/aromatic N) is 1. The molecule has 8 heteroatoms. The lowest BCUT2D eigenvalue weighted by atomic mass is 10.7. The van der Waals surface area contributed by atoms with Crippen LogP contribution in [0, 0.1) is 0 Å². The molecule has 0 fully saturated rings. The Morgan fingerprint density at radius 2 is 1.85 bits per heavy atom. The van der Waals surface area contributed by atoms with Crippen molar-refractivity contribution in [2.24, 2.45) is 0 Å². The molecule has 0 aromatic carbocycles. The van der Waals surface area contributed by atoms with Crippen LogP contribution >= 0.6 is 0 Å². The Kier molecular flexibility index (Phi) is 4.14. The van der Waals surface area contributed by atoms with Crippen LogP contribution in [0.5, 0.6) is 0 Å². The molecule has 80 valence electrons. The zero-order valence-corrected chi connectivity index (χ0v) is 7.94. The fraction of sp³-hybridized carbons (Fsp3) is 1.00. The van der Waals surface area contributed by atoms with Gasteiger partial charge in [-0.2, -0.15) is 17.5 Å². The van der Waals surface area contributed by atoms with Crippen LogP contribution in [-0.4, -0.2) is 45.5 Å². The van der Waals surface area contributed by atoms with E-state index >= 15 is 0 Å². The topological polar surface area (TPSA) is 46.6 Å². The van der Waals surface area contributed by atoms with Crippen LogP contribution in [0.25, 0.3) is 0 Å². The first kappa shape index (κ1) is 12.7. The third-order valence-electron chi connectivity index (χ3n) is 1.31. The summed E-state index contributed by atoms with van der Waals surface area (Å²) >= 11 is 0. The van der Waals surface area contributed by atoms with Crippen LogP contribution in [0.3, 0.4) is 0 Å². The smallest absolute Gasteiger partial charge is 0.383 e. The van der Waals surface area contributed by atoms with Gasteiger partial charge in [-0.15, -0.1) is 0 Å². The molecular weight excluding hydrogens is 211 g/mol. The zero-order chi connectivity index (χ0) is 10.7. The number of likely N-dealkylation sites (N-methyl/N-ethyl adjacent to an activating group) is 1. The first-order valence-electron chi connectivity index (χ1n) is 3.25. The van der Waals surface area contributed by atoms with Gasteiger partial charge in [0.05, 0.1) is 6.61 Å². The highest BCUT2D eigenvalue weighted by Crippen LogP contribution is 2.25. The lowest BCUT2D eigenvalue weighted by Gasteiger charge is -2.17. The highest BCUT2D eigenvalue weighted by Gasteiger charge is 2.48. The maximum absolute atomic E-state index is 11.8. The standard InChI is InChI=1S/C5H10F3NO3S/c1-9(3-4-12-2)13(10,11)5(6,7)8/h3-4H2,1-2H3. The molecule has 0 aliphatic heterocycles. The maximum Gasteiger partial charge on any atom is 0.511 e. The molecule has 4 nitrogen and oxygen atoms in total. The van der Waals surface area contributed by atoms with Gasteiger partial charge in [-0.1, -0.05) is 0 Å². The van der Waals surface area contributed by atoms with Crippen molar-refractivity contribution >= 4 is 10.0 Å². The van der Waals surface area contributed by atoms with Crippen LogP contribution in [0.1, 0.15) is 0 Å². The minimum Gasteiger partial charge on any atom is -0.383 e. The third-order valence-corrected chi connectivity index (χ3v) is 2.90. The highest BCUT2D eigenvalue weighted by molar-refractivity contribution is 7.89. The SMILES string of the molecule is COCCN(C)S(=O)(=O)C(F)(F)F. The van der Waals surface area contributed by atoms with Gasteiger partial charge in [0, 0.05) is 20.7 Å². The Balaban J connectivity index is 4.48. The summed E-state index contributed by atoms with van der Waals surface area (Å²) in [6.07, 6.45) is 0. The molecule has 0 amide bonds. The normalized spacial score (nSPS) is 13.7. The average molecular weight is 221 g/mol. The van der Waals surface area contributed by atoms with E-state index < -0.39 is 15.5 Å². The lowest BCUT2D eigenvalue weighted by molar-refractivity contribution is -0.0485. The molecule has 0 atom stereocenters. The fourth-order valence-electron chi connectivity index (χ4n) is 0.517. The van der Waals surface area contributed by atoms with Crippen molar-refractivity contribution in [3.05, 3.63) is 0 Å². The number of sulfonamides is 1. The van der Waals surface area contributed by atoms with Crippen molar-refractivity contribution in [1.82, 2.24) is 4.31 Å². The molecule has 0 bridgehead atoms. The van der Waals surface area contributed by atoms with Crippen molar-refractivity contribution in [3.8, 4) is 0 Å². The number of halogens is 3. The molecule has 0 N–H and O–H groups in total. The second-order valence-electron chi connectivity index (χ2n) is 2.27. The van der Waals surface area contributed by atoms with Crippen LogP contribution in [0.15, 0.2) is 0 Å². The fourth-order valence-corrected chi connectivity index (χ4v) is 1.19. The third kappa shape index (κ3) is 3.12. The van der Waals surface area contributed by atoms with Gasteiger partial charge in [-0.3, -0.25) is 0 Å². The molecular formula is C5H10F3NO3S. The molecule has 0 aromatic heterocycles. The van der Waals surface area contributed by atoms with Crippen LogP contribution in [-0.2, 0) is 14.8 Å². The van der Waals surface area contributed by atoms with E-state index in [4.69, 9.17) is 0 Å². The molecule has 13 heavy (non-hydrogen) atoms. The van der Waals surface area contributed by atoms with Crippen molar-refractivity contribution in [2.75, 3.05) is 27.3 Å². The number of hydrogen-bond acceptors (Lipinski definition) is 3. The Morgan fingerprint density at radius 1 is 1.38 bits per heavy atom. The van der Waals surface area contributed by atoms with Crippen molar-refractivity contribution in [1.29, 1.82) is 0 Å². The summed E-state index contributed by atoms with van der Waals surface area (Å²) in [5.41, 5.74) is -5.24. The molecule has 0 unspecified atom stereocenters. The van der Waals surface area contributed by atoms with Gasteiger partial charge in [0.1, 0.15) is 0 Å². The Bertz CT molecular complexity index is 248. The summed E-state index contributed by atoms with van der Waals surface area (Å²) < 4.78 is 61.4. The minimum atomic E-state index is -5.24. The summed E-state index contributed by atoms with van der Waals surface area (Å²) in [5, 5.41) is 0. The Morgan fingerprint density at radius 3 is 2.15 bits per heavy atom. The maximum atomic E-state index is 11.8. The van der Waals surface area contributed by atoms with Crippen LogP contribution in [0.2, 0.25) is 0 Å². The predicted molar refractivity (Wildman–Crippen MR) is 39.5 cm³/mol. The van der Waals surface area contributed by atoms with Gasteiger partial charge in [0.2, 0.25) is 0 Å². The first-order valence-corrected chi connectivity index (χ1v) is 4.69. The van der Waals surface area contributed by atoms with E-state index in [2.05, 4.69) is 4.74 Å². The summed E-state index contributed by atoms with van der Waals surface area (Å²) in [7, 11) is -3.07. The number of hydrogen-bond donors (Lipinski definition) is 0. The molecule has 0 heterocycles. The number of methoxy groups -OCH3 is 1. The monoisotopic (exact) mass is 221 g/mol. The van der Waals surface area contributed by atoms with E-state index in [0.717, 1.165) is 7.05 Å². The molecule has 0 aliphatic rings. The molecule has 0 rings (SSSR count). The van der Waals surface area contributed by atoms with Gasteiger partial charge < -0.3 is 4.74 Å². The Labute approximate surface area is 74.3 Å². The average Bonchev–Trinajstić information content (AvgIpc) is 1.97. The van der Waals surface area contributed by atoms with Gasteiger partial charge in [0.15, 0.2) is 0 Å². The Hall–Kier alpha value is -0.340. The number of ether oxygens (including phenoxy) is 1. The molecule has 0 aromatic rings. The van der Waals surface area contributed by atoms with E-state index in [1.54, 1.807) is 0 Å². The molecule has 0 radical (unpaired) electrons. The minimum absolute atomic E-state index is 0.0776. The predicted octanol–water partition coefficient (Wildman–Crippen LogP) is 0.414. The van der Waals surface area contributed by atoms with E-state index in [1.807, 2.05) is 0 Å². The lowest BCUT2D eigenvalue weighted by Crippen LogP contribution is -2.39. The summed E-state index contributed by atoms with van der Waals surface area (Å²) in [4.78, 5) is 0. The van der Waals surface area contributed by atoms with Crippen molar-refractivity contribution in [2.45, 2.75) is 5.51 Å². The van der Waals surface area contributed by atoms with E-state index in [0.29, 0.717) is 0 Å². The van der Waals surface area contributed by atoms with Crippen LogP contribution in [0.4, 0.5) is 13.2 Å².